The Kier molecular flexibility index (Phi) is 7.34. The van der Waals surface area contributed by atoms with Crippen molar-refractivity contribution in [2.45, 2.75) is 81.6 Å². The van der Waals surface area contributed by atoms with Crippen LogP contribution in [0.3, 0.4) is 0 Å². The molecule has 1 unspecified atom stereocenters. The van der Waals surface area contributed by atoms with Gasteiger partial charge in [-0.15, -0.1) is 6.42 Å². The number of halogens is 2. The Bertz CT molecular complexity index is 2000. The van der Waals surface area contributed by atoms with E-state index in [1.165, 1.54) is 24.3 Å². The van der Waals surface area contributed by atoms with Crippen LogP contribution in [0.1, 0.15) is 86.1 Å². The number of aromatic nitrogens is 4. The molecule has 2 N–H and O–H groups in total. The molecule has 0 bridgehead atoms. The molecule has 3 aliphatic heterocycles. The number of ether oxygens (including phenoxy) is 1. The average molecular weight is 657 g/mol. The molecule has 4 aliphatic rings. The number of benzene rings is 2. The summed E-state index contributed by atoms with van der Waals surface area (Å²) in [5.41, 5.74) is -0.625. The van der Waals surface area contributed by atoms with Crippen LogP contribution in [0.25, 0.3) is 21.9 Å². The molecule has 48 heavy (non-hydrogen) atoms. The van der Waals surface area contributed by atoms with Crippen molar-refractivity contribution in [3.63, 3.8) is 0 Å². The Morgan fingerprint density at radius 3 is 2.71 bits per heavy atom. The standard InChI is InChI=1S/C36H38F2N6O4/c1-3-25-27(38)10-9-21-15-24(45)16-26(28(21)25)30(46)33-39-31-29(44(33)23-7-4-8-23)32(42-13-5-11-35(2,47)19-42)41-34(40-31)48-20-36-12-6-14-43(36)18-22(37)17-36/h1,9-10,15-16,22-23,45,47H,4-8,11-14,17-20H2,2H3/t22?,35-,36+/m1/s1. The molecular formula is C36H38F2N6O4. The van der Waals surface area contributed by atoms with E-state index in [2.05, 4.69) is 10.8 Å². The Balaban J connectivity index is 1.29. The number of phenolic OH excluding ortho intramolecular Hbond substituents is 1. The fourth-order valence-electron chi connectivity index (χ4n) is 8.33. The van der Waals surface area contributed by atoms with E-state index in [0.717, 1.165) is 45.1 Å². The summed E-state index contributed by atoms with van der Waals surface area (Å²) >= 11 is 0. The molecule has 8 rings (SSSR count). The number of piperidine rings is 1. The second kappa shape index (κ2) is 11.4. The summed E-state index contributed by atoms with van der Waals surface area (Å²) in [6, 6.07) is 5.43. The van der Waals surface area contributed by atoms with E-state index in [4.69, 9.17) is 26.1 Å². The van der Waals surface area contributed by atoms with Gasteiger partial charge < -0.3 is 24.4 Å². The summed E-state index contributed by atoms with van der Waals surface area (Å²) in [7, 11) is 0. The van der Waals surface area contributed by atoms with Crippen molar-refractivity contribution in [1.29, 1.82) is 0 Å². The predicted molar refractivity (Wildman–Crippen MR) is 176 cm³/mol. The molecular weight excluding hydrogens is 618 g/mol. The number of hydrogen-bond acceptors (Lipinski definition) is 9. The largest absolute Gasteiger partial charge is 0.508 e. The number of terminal acetylenes is 1. The summed E-state index contributed by atoms with van der Waals surface area (Å²) in [5, 5.41) is 22.4. The number of hydrogen-bond donors (Lipinski definition) is 2. The van der Waals surface area contributed by atoms with Gasteiger partial charge in [0.05, 0.1) is 16.7 Å². The highest BCUT2D eigenvalue weighted by atomic mass is 19.1. The lowest BCUT2D eigenvalue weighted by Gasteiger charge is -2.38. The van der Waals surface area contributed by atoms with Crippen molar-refractivity contribution < 1.29 is 28.5 Å². The Morgan fingerprint density at radius 1 is 1.15 bits per heavy atom. The summed E-state index contributed by atoms with van der Waals surface area (Å²) in [5.74, 6) is 1.60. The third-order valence-corrected chi connectivity index (χ3v) is 10.8. The molecule has 3 atom stereocenters. The summed E-state index contributed by atoms with van der Waals surface area (Å²) < 4.78 is 37.6. The van der Waals surface area contributed by atoms with Crippen LogP contribution in [-0.4, -0.2) is 90.5 Å². The van der Waals surface area contributed by atoms with Crippen molar-refractivity contribution in [3.05, 3.63) is 47.0 Å². The second-order valence-electron chi connectivity index (χ2n) is 14.3. The van der Waals surface area contributed by atoms with Crippen molar-refractivity contribution in [2.75, 3.05) is 37.7 Å². The van der Waals surface area contributed by atoms with Gasteiger partial charge in [0.25, 0.3) is 0 Å². The van der Waals surface area contributed by atoms with Crippen molar-refractivity contribution in [3.8, 4) is 24.1 Å². The first-order chi connectivity index (χ1) is 23.1. The van der Waals surface area contributed by atoms with Crippen LogP contribution < -0.4 is 9.64 Å². The molecule has 0 radical (unpaired) electrons. The number of carbonyl (C=O) groups excluding carboxylic acids is 1. The number of nitrogens with zero attached hydrogens (tertiary/aromatic N) is 6. The average Bonchev–Trinajstić information content (AvgIpc) is 3.68. The van der Waals surface area contributed by atoms with Gasteiger partial charge >= 0.3 is 6.01 Å². The number of carbonyl (C=O) groups is 1. The number of anilines is 1. The Labute approximate surface area is 276 Å². The maximum atomic E-state index is 14.9. The number of aromatic hydroxyl groups is 1. The molecule has 12 heteroatoms. The quantitative estimate of drug-likeness (QED) is 0.208. The van der Waals surface area contributed by atoms with Gasteiger partial charge in [-0.05, 0) is 82.0 Å². The van der Waals surface area contributed by atoms with Crippen molar-refractivity contribution in [2.24, 2.45) is 0 Å². The van der Waals surface area contributed by atoms with Crippen LogP contribution in [0.15, 0.2) is 24.3 Å². The van der Waals surface area contributed by atoms with Gasteiger partial charge in [0.2, 0.25) is 5.78 Å². The van der Waals surface area contributed by atoms with Crippen LogP contribution in [0, 0.1) is 18.2 Å². The zero-order valence-corrected chi connectivity index (χ0v) is 26.9. The third-order valence-electron chi connectivity index (χ3n) is 10.8. The number of phenols is 1. The number of rotatable bonds is 7. The van der Waals surface area contributed by atoms with Gasteiger partial charge in [-0.2, -0.15) is 9.97 Å². The number of imidazole rings is 1. The molecule has 250 valence electrons. The summed E-state index contributed by atoms with van der Waals surface area (Å²) in [6.45, 7) is 4.16. The maximum absolute atomic E-state index is 14.9. The van der Waals surface area contributed by atoms with Crippen molar-refractivity contribution in [1.82, 2.24) is 24.4 Å². The molecule has 2 aromatic heterocycles. The Morgan fingerprint density at radius 2 is 1.96 bits per heavy atom. The molecule has 3 saturated heterocycles. The van der Waals surface area contributed by atoms with E-state index in [0.29, 0.717) is 49.2 Å². The van der Waals surface area contributed by atoms with E-state index in [-0.39, 0.29) is 52.4 Å². The van der Waals surface area contributed by atoms with E-state index in [1.807, 2.05) is 9.47 Å². The van der Waals surface area contributed by atoms with Gasteiger partial charge in [0.1, 0.15) is 29.9 Å². The topological polar surface area (TPSA) is 117 Å². The lowest BCUT2D eigenvalue weighted by molar-refractivity contribution is 0.0446. The number of ketones is 1. The van der Waals surface area contributed by atoms with Gasteiger partial charge in [-0.25, -0.2) is 13.8 Å². The molecule has 1 saturated carbocycles. The van der Waals surface area contributed by atoms with Gasteiger partial charge in [-0.3, -0.25) is 9.69 Å². The minimum absolute atomic E-state index is 0.0302. The molecule has 10 nitrogen and oxygen atoms in total. The van der Waals surface area contributed by atoms with E-state index < -0.39 is 28.9 Å². The second-order valence-corrected chi connectivity index (χ2v) is 14.3. The number of β-amino-alcohol motifs (C(OH)–C–C–N with tert-alkyl or cyclic N) is 1. The molecule has 1 aliphatic carbocycles. The lowest BCUT2D eigenvalue weighted by atomic mass is 9.91. The van der Waals surface area contributed by atoms with Crippen LogP contribution in [0.2, 0.25) is 0 Å². The van der Waals surface area contributed by atoms with Crippen LogP contribution in [0.5, 0.6) is 11.8 Å². The van der Waals surface area contributed by atoms with E-state index in [9.17, 15) is 23.8 Å². The number of aliphatic hydroxyl groups is 1. The predicted octanol–water partition coefficient (Wildman–Crippen LogP) is 5.07. The van der Waals surface area contributed by atoms with Gasteiger partial charge in [0.15, 0.2) is 17.3 Å². The SMILES string of the molecule is C#Cc1c(F)ccc2cc(O)cc(C(=O)c3nc4nc(OC[C@@]56CCCN5CC(F)C6)nc(N5CCC[C@@](C)(O)C5)c4n3C3CCC3)c12. The molecule has 4 fully saturated rings. The molecule has 5 heterocycles. The fraction of sp³-hybridized carbons (Fsp3) is 0.500. The van der Waals surface area contributed by atoms with Crippen molar-refractivity contribution >= 4 is 33.5 Å². The zero-order chi connectivity index (χ0) is 33.4. The lowest BCUT2D eigenvalue weighted by Crippen LogP contribution is -2.46. The summed E-state index contributed by atoms with van der Waals surface area (Å²) in [4.78, 5) is 33.2. The molecule has 4 aromatic rings. The van der Waals surface area contributed by atoms with Gasteiger partial charge in [0, 0.05) is 43.0 Å². The fourth-order valence-corrected chi connectivity index (χ4v) is 8.33. The third kappa shape index (κ3) is 5.06. The summed E-state index contributed by atoms with van der Waals surface area (Å²) in [6.07, 6.45) is 10.9. The number of alkyl halides is 1. The molecule has 2 aromatic carbocycles. The smallest absolute Gasteiger partial charge is 0.320 e. The first-order valence-corrected chi connectivity index (χ1v) is 16.8. The highest BCUT2D eigenvalue weighted by Crippen LogP contribution is 2.43. The van der Waals surface area contributed by atoms with Gasteiger partial charge in [-0.1, -0.05) is 12.0 Å². The molecule has 0 spiro atoms. The minimum Gasteiger partial charge on any atom is -0.508 e. The number of fused-ring (bicyclic) bond motifs is 3. The Hall–Kier alpha value is -4.34. The minimum atomic E-state index is -0.962. The molecule has 0 amide bonds. The monoisotopic (exact) mass is 656 g/mol. The van der Waals surface area contributed by atoms with E-state index in [1.54, 1.807) is 6.92 Å². The van der Waals surface area contributed by atoms with E-state index >= 15 is 0 Å². The van der Waals surface area contributed by atoms with Crippen LogP contribution in [0.4, 0.5) is 14.6 Å². The highest BCUT2D eigenvalue weighted by molar-refractivity contribution is 6.17. The highest BCUT2D eigenvalue weighted by Gasteiger charge is 2.49. The first kappa shape index (κ1) is 31.0. The zero-order valence-electron chi connectivity index (χ0n) is 26.9. The normalized spacial score (nSPS) is 26.1. The maximum Gasteiger partial charge on any atom is 0.320 e. The van der Waals surface area contributed by atoms with Crippen LogP contribution >= 0.6 is 0 Å². The van der Waals surface area contributed by atoms with Crippen LogP contribution in [-0.2, 0) is 0 Å². The first-order valence-electron chi connectivity index (χ1n) is 16.8.